The van der Waals surface area contributed by atoms with Crippen LogP contribution in [0.25, 0.3) is 0 Å². The summed E-state index contributed by atoms with van der Waals surface area (Å²) in [5, 5.41) is 4.56. The van der Waals surface area contributed by atoms with Gasteiger partial charge in [0.05, 0.1) is 6.61 Å². The molecule has 0 aliphatic carbocycles. The van der Waals surface area contributed by atoms with Crippen LogP contribution in [0.15, 0.2) is 42.5 Å². The van der Waals surface area contributed by atoms with Crippen molar-refractivity contribution in [3.8, 4) is 5.75 Å². The Morgan fingerprint density at radius 1 is 1.03 bits per heavy atom. The number of nitrogens with zero attached hydrogens (tertiary/aromatic N) is 1. The normalized spacial score (nSPS) is 11.8. The molecule has 0 radical (unpaired) electrons. The molecule has 0 aromatic heterocycles. The largest absolute Gasteiger partial charge is 0.494 e. The van der Waals surface area contributed by atoms with Crippen molar-refractivity contribution in [2.45, 2.75) is 52.6 Å². The molecule has 2 amide bonds. The average Bonchev–Trinajstić information content (AvgIpc) is 2.77. The fourth-order valence-corrected chi connectivity index (χ4v) is 3.86. The minimum absolute atomic E-state index is 0.132. The number of carbonyl (C=O) groups excluding carboxylic acids is 2. The second-order valence-corrected chi connectivity index (χ2v) is 9.51. The molecule has 0 aliphatic rings. The molecular formula is C25H31Cl3N2O3. The molecule has 1 N–H and O–H groups in total. The second kappa shape index (κ2) is 13.7. The number of hydrogen-bond acceptors (Lipinski definition) is 3. The van der Waals surface area contributed by atoms with Crippen molar-refractivity contribution in [2.75, 3.05) is 13.2 Å². The highest BCUT2D eigenvalue weighted by Gasteiger charge is 2.28. The van der Waals surface area contributed by atoms with Gasteiger partial charge in [0, 0.05) is 34.6 Å². The highest BCUT2D eigenvalue weighted by atomic mass is 35.5. The lowest BCUT2D eigenvalue weighted by molar-refractivity contribution is -0.141. The van der Waals surface area contributed by atoms with Gasteiger partial charge < -0.3 is 15.0 Å². The summed E-state index contributed by atoms with van der Waals surface area (Å²) in [5.41, 5.74) is 0.738. The van der Waals surface area contributed by atoms with Crippen LogP contribution in [-0.2, 0) is 16.1 Å². The maximum atomic E-state index is 13.2. The zero-order valence-electron chi connectivity index (χ0n) is 19.2. The summed E-state index contributed by atoms with van der Waals surface area (Å²) in [6.45, 7) is 7.09. The van der Waals surface area contributed by atoms with Crippen molar-refractivity contribution in [3.63, 3.8) is 0 Å². The van der Waals surface area contributed by atoms with Crippen LogP contribution in [0.3, 0.4) is 0 Å². The van der Waals surface area contributed by atoms with Crippen LogP contribution in [0, 0.1) is 5.92 Å². The fraction of sp³-hybridized carbons (Fsp3) is 0.440. The quantitative estimate of drug-likeness (QED) is 0.335. The zero-order chi connectivity index (χ0) is 24.4. The molecule has 1 unspecified atom stereocenters. The van der Waals surface area contributed by atoms with Crippen molar-refractivity contribution in [1.82, 2.24) is 10.2 Å². The van der Waals surface area contributed by atoms with Gasteiger partial charge in [-0.05, 0) is 60.7 Å². The van der Waals surface area contributed by atoms with Crippen molar-refractivity contribution in [1.29, 1.82) is 0 Å². The molecule has 5 nitrogen and oxygen atoms in total. The molecule has 2 aromatic rings. The molecule has 2 rings (SSSR count). The molecule has 0 bridgehead atoms. The third kappa shape index (κ3) is 9.07. The Morgan fingerprint density at radius 3 is 2.30 bits per heavy atom. The second-order valence-electron chi connectivity index (χ2n) is 8.23. The van der Waals surface area contributed by atoms with Gasteiger partial charge in [-0.3, -0.25) is 9.59 Å². The van der Waals surface area contributed by atoms with Gasteiger partial charge in [-0.25, -0.2) is 0 Å². The van der Waals surface area contributed by atoms with E-state index in [1.807, 2.05) is 20.8 Å². The number of amides is 2. The third-order valence-electron chi connectivity index (χ3n) is 5.04. The van der Waals surface area contributed by atoms with Crippen LogP contribution in [0.1, 0.15) is 45.6 Å². The summed E-state index contributed by atoms with van der Waals surface area (Å²) < 4.78 is 5.70. The van der Waals surface area contributed by atoms with E-state index in [0.717, 1.165) is 5.56 Å². The van der Waals surface area contributed by atoms with Gasteiger partial charge in [-0.2, -0.15) is 0 Å². The van der Waals surface area contributed by atoms with Crippen LogP contribution in [-0.4, -0.2) is 35.9 Å². The number of carbonyl (C=O) groups is 2. The lowest BCUT2D eigenvalue weighted by atomic mass is 10.1. The lowest BCUT2D eigenvalue weighted by Gasteiger charge is -2.31. The lowest BCUT2D eigenvalue weighted by Crippen LogP contribution is -2.49. The Labute approximate surface area is 211 Å². The highest BCUT2D eigenvalue weighted by molar-refractivity contribution is 6.35. The van der Waals surface area contributed by atoms with E-state index in [1.165, 1.54) is 0 Å². The first-order chi connectivity index (χ1) is 15.7. The molecule has 0 heterocycles. The van der Waals surface area contributed by atoms with E-state index in [2.05, 4.69) is 5.32 Å². The minimum Gasteiger partial charge on any atom is -0.494 e. The number of benzene rings is 2. The van der Waals surface area contributed by atoms with Crippen molar-refractivity contribution >= 4 is 46.6 Å². The van der Waals surface area contributed by atoms with Crippen LogP contribution in [0.4, 0.5) is 0 Å². The molecule has 0 saturated heterocycles. The minimum atomic E-state index is -0.597. The predicted molar refractivity (Wildman–Crippen MR) is 135 cm³/mol. The van der Waals surface area contributed by atoms with Gasteiger partial charge in [-0.1, -0.05) is 61.6 Å². The van der Waals surface area contributed by atoms with E-state index in [-0.39, 0.29) is 24.8 Å². The van der Waals surface area contributed by atoms with Crippen molar-refractivity contribution < 1.29 is 14.3 Å². The number of hydrogen-bond donors (Lipinski definition) is 1. The number of halogens is 3. The molecule has 0 fully saturated rings. The first kappa shape index (κ1) is 27.3. The molecular weight excluding hydrogens is 483 g/mol. The summed E-state index contributed by atoms with van der Waals surface area (Å²) in [5.74, 6) is 0.705. The molecule has 1 atom stereocenters. The van der Waals surface area contributed by atoms with Gasteiger partial charge >= 0.3 is 0 Å². The molecule has 8 heteroatoms. The van der Waals surface area contributed by atoms with E-state index in [9.17, 15) is 9.59 Å². The zero-order valence-corrected chi connectivity index (χ0v) is 21.5. The Kier molecular flexibility index (Phi) is 11.3. The van der Waals surface area contributed by atoms with Gasteiger partial charge in [0.1, 0.15) is 11.8 Å². The van der Waals surface area contributed by atoms with Crippen LogP contribution < -0.4 is 10.1 Å². The van der Waals surface area contributed by atoms with Crippen molar-refractivity contribution in [3.05, 3.63) is 63.1 Å². The number of nitrogens with one attached hydrogen (secondary N) is 1. The monoisotopic (exact) mass is 512 g/mol. The smallest absolute Gasteiger partial charge is 0.242 e. The van der Waals surface area contributed by atoms with Gasteiger partial charge in [0.15, 0.2) is 0 Å². The molecule has 33 heavy (non-hydrogen) atoms. The van der Waals surface area contributed by atoms with E-state index in [4.69, 9.17) is 39.5 Å². The summed E-state index contributed by atoms with van der Waals surface area (Å²) in [6.07, 6.45) is 1.24. The van der Waals surface area contributed by atoms with Crippen molar-refractivity contribution in [2.24, 2.45) is 5.92 Å². The van der Waals surface area contributed by atoms with Gasteiger partial charge in [0.25, 0.3) is 0 Å². The van der Waals surface area contributed by atoms with Crippen LogP contribution in [0.5, 0.6) is 5.75 Å². The maximum Gasteiger partial charge on any atom is 0.242 e. The fourth-order valence-electron chi connectivity index (χ4n) is 3.26. The molecule has 180 valence electrons. The van der Waals surface area contributed by atoms with E-state index >= 15 is 0 Å². The first-order valence-electron chi connectivity index (χ1n) is 11.1. The Morgan fingerprint density at radius 2 is 1.70 bits per heavy atom. The molecule has 0 saturated carbocycles. The highest BCUT2D eigenvalue weighted by Crippen LogP contribution is 2.24. The summed E-state index contributed by atoms with van der Waals surface area (Å²) in [6, 6.07) is 11.6. The van der Waals surface area contributed by atoms with E-state index in [0.29, 0.717) is 52.7 Å². The predicted octanol–water partition coefficient (Wildman–Crippen LogP) is 6.39. The molecule has 0 aliphatic heterocycles. The molecule has 2 aromatic carbocycles. The standard InChI is InChI=1S/C25H31Cl3N2O3/c1-4-23(25(32)29-15-17(2)3)30(16-18-7-8-20(27)14-22(18)28)24(31)6-5-13-33-21-11-9-19(26)10-12-21/h7-12,14,17,23H,4-6,13,15-16H2,1-3H3,(H,29,32). The van der Waals surface area contributed by atoms with Gasteiger partial charge in [-0.15, -0.1) is 0 Å². The molecule has 0 spiro atoms. The maximum absolute atomic E-state index is 13.2. The van der Waals surface area contributed by atoms with Crippen LogP contribution >= 0.6 is 34.8 Å². The SMILES string of the molecule is CCC(C(=O)NCC(C)C)N(Cc1ccc(Cl)cc1Cl)C(=O)CCCOc1ccc(Cl)cc1. The van der Waals surface area contributed by atoms with E-state index in [1.54, 1.807) is 47.4 Å². The number of rotatable bonds is 12. The summed E-state index contributed by atoms with van der Waals surface area (Å²) >= 11 is 18.3. The first-order valence-corrected chi connectivity index (χ1v) is 12.2. The van der Waals surface area contributed by atoms with Crippen LogP contribution in [0.2, 0.25) is 15.1 Å². The Balaban J connectivity index is 2.09. The average molecular weight is 514 g/mol. The summed E-state index contributed by atoms with van der Waals surface area (Å²) in [7, 11) is 0. The third-order valence-corrected chi connectivity index (χ3v) is 5.88. The number of ether oxygens (including phenoxy) is 1. The Bertz CT molecular complexity index is 920. The van der Waals surface area contributed by atoms with E-state index < -0.39 is 6.04 Å². The summed E-state index contributed by atoms with van der Waals surface area (Å²) in [4.78, 5) is 27.7. The van der Waals surface area contributed by atoms with Gasteiger partial charge in [0.2, 0.25) is 11.8 Å². The topological polar surface area (TPSA) is 58.6 Å². The Hall–Kier alpha value is -1.95.